The molecule has 4 nitrogen and oxygen atoms in total. The second kappa shape index (κ2) is 4.93. The first-order valence-electron chi connectivity index (χ1n) is 6.95. The van der Waals surface area contributed by atoms with Crippen LogP contribution in [0, 0.1) is 0 Å². The van der Waals surface area contributed by atoms with Crippen molar-refractivity contribution in [2.24, 2.45) is 0 Å². The van der Waals surface area contributed by atoms with Crippen molar-refractivity contribution in [3.05, 3.63) is 53.2 Å². The number of ketones is 1. The zero-order chi connectivity index (χ0) is 14.2. The van der Waals surface area contributed by atoms with Gasteiger partial charge in [-0.1, -0.05) is 30.3 Å². The number of Topliss-reactive ketones (excluding diaryl/α,β-unsaturated/α-hetero) is 1. The number of nitrogens with zero attached hydrogens (tertiary/aromatic N) is 3. The number of fused-ring (bicyclic) bond motifs is 1. The van der Waals surface area contributed by atoms with Crippen LogP contribution in [0.25, 0.3) is 16.4 Å². The van der Waals surface area contributed by atoms with Gasteiger partial charge in [0.2, 0.25) is 5.13 Å². The van der Waals surface area contributed by atoms with Crippen molar-refractivity contribution in [2.45, 2.75) is 19.3 Å². The van der Waals surface area contributed by atoms with Crippen LogP contribution in [0.5, 0.6) is 0 Å². The molecular formula is C16H13N3OS. The molecule has 2 heterocycles. The van der Waals surface area contributed by atoms with Crippen molar-refractivity contribution in [1.82, 2.24) is 14.8 Å². The molecule has 0 radical (unpaired) electrons. The van der Waals surface area contributed by atoms with Crippen molar-refractivity contribution in [2.75, 3.05) is 0 Å². The number of hydrogen-bond donors (Lipinski definition) is 0. The lowest BCUT2D eigenvalue weighted by Crippen LogP contribution is -2.13. The number of hydrogen-bond acceptors (Lipinski definition) is 4. The van der Waals surface area contributed by atoms with E-state index in [-0.39, 0.29) is 5.78 Å². The van der Waals surface area contributed by atoms with Crippen molar-refractivity contribution in [1.29, 1.82) is 0 Å². The Labute approximate surface area is 126 Å². The summed E-state index contributed by atoms with van der Waals surface area (Å²) in [5.74, 6) is 0.193. The zero-order valence-electron chi connectivity index (χ0n) is 11.3. The second-order valence-corrected chi connectivity index (χ2v) is 5.91. The van der Waals surface area contributed by atoms with Gasteiger partial charge in [-0.2, -0.15) is 5.10 Å². The maximum Gasteiger partial charge on any atom is 0.210 e. The number of aromatic nitrogens is 3. The van der Waals surface area contributed by atoms with E-state index in [0.717, 1.165) is 40.5 Å². The smallest absolute Gasteiger partial charge is 0.210 e. The van der Waals surface area contributed by atoms with Crippen LogP contribution in [0.2, 0.25) is 0 Å². The van der Waals surface area contributed by atoms with E-state index in [1.807, 2.05) is 40.4 Å². The van der Waals surface area contributed by atoms with Gasteiger partial charge in [-0.25, -0.2) is 9.67 Å². The summed E-state index contributed by atoms with van der Waals surface area (Å²) in [6.07, 6.45) is 4.13. The van der Waals surface area contributed by atoms with Crippen molar-refractivity contribution >= 4 is 17.1 Å². The average Bonchev–Trinajstić information content (AvgIpc) is 3.16. The first-order valence-corrected chi connectivity index (χ1v) is 7.83. The predicted octanol–water partition coefficient (Wildman–Crippen LogP) is 3.51. The highest BCUT2D eigenvalue weighted by molar-refractivity contribution is 7.12. The van der Waals surface area contributed by atoms with Gasteiger partial charge in [-0.05, 0) is 12.8 Å². The fourth-order valence-corrected chi connectivity index (χ4v) is 3.41. The first kappa shape index (κ1) is 12.5. The van der Waals surface area contributed by atoms with Gasteiger partial charge in [0.1, 0.15) is 5.69 Å². The molecule has 0 aliphatic heterocycles. The lowest BCUT2D eigenvalue weighted by atomic mass is 9.92. The Morgan fingerprint density at radius 2 is 2.00 bits per heavy atom. The van der Waals surface area contributed by atoms with Gasteiger partial charge in [-0.3, -0.25) is 4.79 Å². The molecule has 4 rings (SSSR count). The molecule has 1 aliphatic rings. The second-order valence-electron chi connectivity index (χ2n) is 5.04. The van der Waals surface area contributed by atoms with Crippen LogP contribution in [0.1, 0.15) is 28.9 Å². The molecule has 0 atom stereocenters. The third-order valence-electron chi connectivity index (χ3n) is 3.73. The van der Waals surface area contributed by atoms with Gasteiger partial charge in [0, 0.05) is 23.6 Å². The van der Waals surface area contributed by atoms with Gasteiger partial charge in [-0.15, -0.1) is 11.3 Å². The third-order valence-corrected chi connectivity index (χ3v) is 4.47. The molecule has 0 fully saturated rings. The number of rotatable bonds is 2. The van der Waals surface area contributed by atoms with Crippen molar-refractivity contribution < 1.29 is 4.79 Å². The number of carbonyl (C=O) groups is 1. The highest BCUT2D eigenvalue weighted by Gasteiger charge is 2.28. The van der Waals surface area contributed by atoms with E-state index in [4.69, 9.17) is 5.10 Å². The van der Waals surface area contributed by atoms with Crippen LogP contribution in [-0.4, -0.2) is 20.5 Å². The monoisotopic (exact) mass is 295 g/mol. The van der Waals surface area contributed by atoms with Crippen LogP contribution in [-0.2, 0) is 6.42 Å². The molecule has 0 saturated heterocycles. The topological polar surface area (TPSA) is 47.8 Å². The molecule has 0 spiro atoms. The normalized spacial score (nSPS) is 14.2. The number of carbonyl (C=O) groups excluding carboxylic acids is 1. The molecule has 2 aromatic heterocycles. The minimum Gasteiger partial charge on any atom is -0.294 e. The maximum atomic E-state index is 12.4. The summed E-state index contributed by atoms with van der Waals surface area (Å²) in [6, 6.07) is 9.90. The molecule has 3 aromatic rings. The highest BCUT2D eigenvalue weighted by atomic mass is 32.1. The summed E-state index contributed by atoms with van der Waals surface area (Å²) in [5, 5.41) is 7.45. The van der Waals surface area contributed by atoms with E-state index in [2.05, 4.69) is 4.98 Å². The first-order chi connectivity index (χ1) is 10.3. The molecule has 0 N–H and O–H groups in total. The summed E-state index contributed by atoms with van der Waals surface area (Å²) in [7, 11) is 0. The van der Waals surface area contributed by atoms with Gasteiger partial charge < -0.3 is 0 Å². The Balaban J connectivity index is 1.98. The molecule has 0 saturated carbocycles. The lowest BCUT2D eigenvalue weighted by Gasteiger charge is -2.12. The fourth-order valence-electron chi connectivity index (χ4n) is 2.80. The van der Waals surface area contributed by atoms with Gasteiger partial charge in [0.05, 0.1) is 11.3 Å². The minimum atomic E-state index is 0.193. The predicted molar refractivity (Wildman–Crippen MR) is 81.9 cm³/mol. The number of benzene rings is 1. The molecule has 0 unspecified atom stereocenters. The van der Waals surface area contributed by atoms with Crippen LogP contribution < -0.4 is 0 Å². The summed E-state index contributed by atoms with van der Waals surface area (Å²) < 4.78 is 1.85. The largest absolute Gasteiger partial charge is 0.294 e. The summed E-state index contributed by atoms with van der Waals surface area (Å²) >= 11 is 1.54. The third kappa shape index (κ3) is 2.01. The van der Waals surface area contributed by atoms with Crippen molar-refractivity contribution in [3.8, 4) is 16.4 Å². The lowest BCUT2D eigenvalue weighted by molar-refractivity contribution is 0.0973. The molecule has 5 heteroatoms. The van der Waals surface area contributed by atoms with E-state index in [1.54, 1.807) is 6.20 Å². The van der Waals surface area contributed by atoms with Gasteiger partial charge in [0.15, 0.2) is 5.78 Å². The van der Waals surface area contributed by atoms with E-state index in [1.165, 1.54) is 11.3 Å². The van der Waals surface area contributed by atoms with E-state index in [0.29, 0.717) is 6.42 Å². The maximum absolute atomic E-state index is 12.4. The Morgan fingerprint density at radius 3 is 2.76 bits per heavy atom. The van der Waals surface area contributed by atoms with Crippen molar-refractivity contribution in [3.63, 3.8) is 0 Å². The van der Waals surface area contributed by atoms with E-state index >= 15 is 0 Å². The quantitative estimate of drug-likeness (QED) is 0.727. The SMILES string of the molecule is O=C1CCCc2c1c(-c1ccccc1)nn2-c1nccs1. The van der Waals surface area contributed by atoms with Gasteiger partial charge >= 0.3 is 0 Å². The Hall–Kier alpha value is -2.27. The molecule has 104 valence electrons. The summed E-state index contributed by atoms with van der Waals surface area (Å²) in [4.78, 5) is 16.7. The van der Waals surface area contributed by atoms with Gasteiger partial charge in [0.25, 0.3) is 0 Å². The molecule has 1 aromatic carbocycles. The van der Waals surface area contributed by atoms with E-state index in [9.17, 15) is 4.79 Å². The molecule has 1 aliphatic carbocycles. The van der Waals surface area contributed by atoms with Crippen LogP contribution >= 0.6 is 11.3 Å². The summed E-state index contributed by atoms with van der Waals surface area (Å²) in [6.45, 7) is 0. The number of thiazole rings is 1. The Bertz CT molecular complexity index is 791. The Morgan fingerprint density at radius 1 is 1.14 bits per heavy atom. The average molecular weight is 295 g/mol. The fraction of sp³-hybridized carbons (Fsp3) is 0.188. The van der Waals surface area contributed by atoms with Crippen LogP contribution in [0.3, 0.4) is 0 Å². The summed E-state index contributed by atoms with van der Waals surface area (Å²) in [5.41, 5.74) is 3.55. The van der Waals surface area contributed by atoms with Crippen LogP contribution in [0.4, 0.5) is 0 Å². The molecule has 0 amide bonds. The molecular weight excluding hydrogens is 282 g/mol. The standard InChI is InChI=1S/C16H13N3OS/c20-13-8-4-7-12-14(13)15(11-5-2-1-3-6-11)18-19(12)16-17-9-10-21-16/h1-3,5-6,9-10H,4,7-8H2. The zero-order valence-corrected chi connectivity index (χ0v) is 12.1. The highest BCUT2D eigenvalue weighted by Crippen LogP contribution is 2.33. The molecule has 21 heavy (non-hydrogen) atoms. The van der Waals surface area contributed by atoms with Crippen LogP contribution in [0.15, 0.2) is 41.9 Å². The molecule has 0 bridgehead atoms. The Kier molecular flexibility index (Phi) is 2.93. The minimum absolute atomic E-state index is 0.193. The van der Waals surface area contributed by atoms with E-state index < -0.39 is 0 Å².